The van der Waals surface area contributed by atoms with E-state index in [-0.39, 0.29) is 5.60 Å². The zero-order valence-corrected chi connectivity index (χ0v) is 11.1. The lowest BCUT2D eigenvalue weighted by atomic mass is 10.00. The molecule has 4 nitrogen and oxygen atoms in total. The minimum Gasteiger partial charge on any atom is -0.496 e. The zero-order valence-electron chi connectivity index (χ0n) is 11.1. The Balaban J connectivity index is 2.46. The number of rotatable bonds is 3. The van der Waals surface area contributed by atoms with Crippen molar-refractivity contribution in [1.82, 2.24) is 0 Å². The first kappa shape index (κ1) is 13.2. The fourth-order valence-electron chi connectivity index (χ4n) is 1.89. The van der Waals surface area contributed by atoms with E-state index in [0.717, 1.165) is 17.4 Å². The first-order valence-corrected chi connectivity index (χ1v) is 5.92. The standard InChI is InChI=1S/C15H16O4/c1-15(2)7-6-11-8-10(4-5-14(16)17)12(18-3)9-13(11)19-15/h4-9H,1-3H3,(H,16,17)/b5-4+. The topological polar surface area (TPSA) is 55.8 Å². The van der Waals surface area contributed by atoms with Gasteiger partial charge in [-0.15, -0.1) is 0 Å². The molecule has 0 spiro atoms. The highest BCUT2D eigenvalue weighted by molar-refractivity contribution is 5.86. The van der Waals surface area contributed by atoms with E-state index in [1.54, 1.807) is 13.2 Å². The van der Waals surface area contributed by atoms with Gasteiger partial charge in [0.2, 0.25) is 0 Å². The molecule has 2 rings (SSSR count). The monoisotopic (exact) mass is 260 g/mol. The highest BCUT2D eigenvalue weighted by Crippen LogP contribution is 2.36. The molecule has 0 aromatic heterocycles. The summed E-state index contributed by atoms with van der Waals surface area (Å²) in [6, 6.07) is 3.63. The van der Waals surface area contributed by atoms with Gasteiger partial charge in [0.05, 0.1) is 7.11 Å². The summed E-state index contributed by atoms with van der Waals surface area (Å²) >= 11 is 0. The maximum absolute atomic E-state index is 10.6. The molecule has 19 heavy (non-hydrogen) atoms. The summed E-state index contributed by atoms with van der Waals surface area (Å²) in [5.74, 6) is 0.326. The average molecular weight is 260 g/mol. The summed E-state index contributed by atoms with van der Waals surface area (Å²) in [7, 11) is 1.55. The van der Waals surface area contributed by atoms with Crippen LogP contribution in [0.3, 0.4) is 0 Å². The third-order valence-electron chi connectivity index (χ3n) is 2.80. The normalized spacial score (nSPS) is 15.9. The van der Waals surface area contributed by atoms with Crippen LogP contribution >= 0.6 is 0 Å². The lowest BCUT2D eigenvalue weighted by Crippen LogP contribution is -2.27. The molecule has 0 bridgehead atoms. The van der Waals surface area contributed by atoms with Gasteiger partial charge in [-0.1, -0.05) is 6.08 Å². The number of benzene rings is 1. The number of fused-ring (bicyclic) bond motifs is 1. The van der Waals surface area contributed by atoms with Gasteiger partial charge in [0.15, 0.2) is 0 Å². The van der Waals surface area contributed by atoms with Crippen LogP contribution in [0.2, 0.25) is 0 Å². The van der Waals surface area contributed by atoms with Gasteiger partial charge in [-0.25, -0.2) is 4.79 Å². The Morgan fingerprint density at radius 3 is 2.79 bits per heavy atom. The minimum atomic E-state index is -0.993. The van der Waals surface area contributed by atoms with Crippen molar-refractivity contribution in [2.45, 2.75) is 19.4 Å². The summed E-state index contributed by atoms with van der Waals surface area (Å²) in [4.78, 5) is 10.6. The summed E-state index contributed by atoms with van der Waals surface area (Å²) in [6.45, 7) is 3.94. The number of ether oxygens (including phenoxy) is 2. The van der Waals surface area contributed by atoms with Gasteiger partial charge in [-0.3, -0.25) is 0 Å². The number of methoxy groups -OCH3 is 1. The van der Waals surface area contributed by atoms with Gasteiger partial charge >= 0.3 is 5.97 Å². The molecule has 0 unspecified atom stereocenters. The second-order valence-electron chi connectivity index (χ2n) is 4.84. The second-order valence-corrected chi connectivity index (χ2v) is 4.84. The van der Waals surface area contributed by atoms with Crippen molar-refractivity contribution in [2.75, 3.05) is 7.11 Å². The number of carboxylic acids is 1. The molecule has 1 N–H and O–H groups in total. The van der Waals surface area contributed by atoms with E-state index in [1.807, 2.05) is 32.1 Å². The van der Waals surface area contributed by atoms with Crippen LogP contribution in [-0.4, -0.2) is 23.8 Å². The third kappa shape index (κ3) is 2.96. The number of carboxylic acid groups (broad SMARTS) is 1. The predicted molar refractivity (Wildman–Crippen MR) is 73.4 cm³/mol. The molecular weight excluding hydrogens is 244 g/mol. The summed E-state index contributed by atoms with van der Waals surface area (Å²) in [5.41, 5.74) is 1.26. The van der Waals surface area contributed by atoms with Crippen LogP contribution in [0.4, 0.5) is 0 Å². The van der Waals surface area contributed by atoms with Crippen molar-refractivity contribution in [2.24, 2.45) is 0 Å². The molecule has 0 saturated carbocycles. The van der Waals surface area contributed by atoms with Gasteiger partial charge in [-0.2, -0.15) is 0 Å². The largest absolute Gasteiger partial charge is 0.496 e. The van der Waals surface area contributed by atoms with Crippen molar-refractivity contribution >= 4 is 18.1 Å². The predicted octanol–water partition coefficient (Wildman–Crippen LogP) is 2.98. The Hall–Kier alpha value is -2.23. The molecule has 0 amide bonds. The van der Waals surface area contributed by atoms with Crippen molar-refractivity contribution in [3.63, 3.8) is 0 Å². The third-order valence-corrected chi connectivity index (χ3v) is 2.80. The fourth-order valence-corrected chi connectivity index (χ4v) is 1.89. The van der Waals surface area contributed by atoms with Crippen LogP contribution in [0.25, 0.3) is 12.2 Å². The summed E-state index contributed by atoms with van der Waals surface area (Å²) in [5, 5.41) is 8.68. The van der Waals surface area contributed by atoms with Crippen molar-refractivity contribution in [1.29, 1.82) is 0 Å². The number of carbonyl (C=O) groups is 1. The van der Waals surface area contributed by atoms with Crippen LogP contribution in [0.15, 0.2) is 24.3 Å². The molecule has 1 heterocycles. The number of hydrogen-bond acceptors (Lipinski definition) is 3. The number of hydrogen-bond donors (Lipinski definition) is 1. The fraction of sp³-hybridized carbons (Fsp3) is 0.267. The molecule has 1 aliphatic rings. The van der Waals surface area contributed by atoms with E-state index >= 15 is 0 Å². The average Bonchev–Trinajstić information content (AvgIpc) is 2.34. The Morgan fingerprint density at radius 1 is 1.42 bits per heavy atom. The molecule has 1 aromatic carbocycles. The van der Waals surface area contributed by atoms with Gasteiger partial charge in [0, 0.05) is 23.3 Å². The van der Waals surface area contributed by atoms with Crippen LogP contribution in [0.1, 0.15) is 25.0 Å². The maximum Gasteiger partial charge on any atom is 0.328 e. The lowest BCUT2D eigenvalue weighted by molar-refractivity contribution is -0.131. The van der Waals surface area contributed by atoms with E-state index in [4.69, 9.17) is 14.6 Å². The molecule has 4 heteroatoms. The Kier molecular flexibility index (Phi) is 3.34. The van der Waals surface area contributed by atoms with E-state index < -0.39 is 5.97 Å². The summed E-state index contributed by atoms with van der Waals surface area (Å²) in [6.07, 6.45) is 6.53. The first-order valence-electron chi connectivity index (χ1n) is 5.92. The molecule has 0 radical (unpaired) electrons. The smallest absolute Gasteiger partial charge is 0.328 e. The Bertz CT molecular complexity index is 568. The van der Waals surface area contributed by atoms with Gasteiger partial charge in [0.25, 0.3) is 0 Å². The van der Waals surface area contributed by atoms with E-state index in [0.29, 0.717) is 11.3 Å². The molecule has 0 atom stereocenters. The molecule has 1 aliphatic heterocycles. The highest BCUT2D eigenvalue weighted by atomic mass is 16.5. The SMILES string of the molecule is COc1cc2c(cc1/C=C/C(=O)O)C=CC(C)(C)O2. The molecule has 100 valence electrons. The van der Waals surface area contributed by atoms with Crippen molar-refractivity contribution < 1.29 is 19.4 Å². The number of aliphatic carboxylic acids is 1. The van der Waals surface area contributed by atoms with Crippen LogP contribution in [0.5, 0.6) is 11.5 Å². The molecule has 0 aliphatic carbocycles. The van der Waals surface area contributed by atoms with Crippen LogP contribution in [-0.2, 0) is 4.79 Å². The second kappa shape index (κ2) is 4.80. The van der Waals surface area contributed by atoms with Crippen LogP contribution < -0.4 is 9.47 Å². The highest BCUT2D eigenvalue weighted by Gasteiger charge is 2.22. The molecule has 1 aromatic rings. The van der Waals surface area contributed by atoms with E-state index in [9.17, 15) is 4.79 Å². The molecular formula is C15H16O4. The van der Waals surface area contributed by atoms with Gasteiger partial charge in [-0.05, 0) is 32.1 Å². The molecule has 0 fully saturated rings. The molecule has 0 saturated heterocycles. The first-order chi connectivity index (χ1) is 8.91. The van der Waals surface area contributed by atoms with Crippen molar-refractivity contribution in [3.05, 3.63) is 35.4 Å². The van der Waals surface area contributed by atoms with E-state index in [2.05, 4.69) is 0 Å². The minimum absolute atomic E-state index is 0.351. The quantitative estimate of drug-likeness (QED) is 0.849. The van der Waals surface area contributed by atoms with E-state index in [1.165, 1.54) is 6.08 Å². The Labute approximate surface area is 112 Å². The van der Waals surface area contributed by atoms with Crippen LogP contribution in [0, 0.1) is 0 Å². The van der Waals surface area contributed by atoms with Gasteiger partial charge < -0.3 is 14.6 Å². The maximum atomic E-state index is 10.6. The van der Waals surface area contributed by atoms with Crippen molar-refractivity contribution in [3.8, 4) is 11.5 Å². The summed E-state index contributed by atoms with van der Waals surface area (Å²) < 4.78 is 11.1. The lowest BCUT2D eigenvalue weighted by Gasteiger charge is -2.28. The zero-order chi connectivity index (χ0) is 14.0. The Morgan fingerprint density at radius 2 is 2.16 bits per heavy atom. The van der Waals surface area contributed by atoms with Gasteiger partial charge in [0.1, 0.15) is 17.1 Å².